The van der Waals surface area contributed by atoms with Crippen molar-refractivity contribution in [1.82, 2.24) is 0 Å². The zero-order chi connectivity index (χ0) is 36.3. The van der Waals surface area contributed by atoms with E-state index < -0.39 is 16.1 Å². The van der Waals surface area contributed by atoms with Gasteiger partial charge in [0.1, 0.15) is 16.1 Å². The van der Waals surface area contributed by atoms with Crippen molar-refractivity contribution in [2.24, 2.45) is 0 Å². The normalized spacial score (nSPS) is 14.6. The molecule has 9 aromatic rings. The molecule has 0 saturated heterocycles. The summed E-state index contributed by atoms with van der Waals surface area (Å²) >= 11 is 1.92. The van der Waals surface area contributed by atoms with E-state index in [9.17, 15) is 0 Å². The van der Waals surface area contributed by atoms with Crippen LogP contribution < -0.4 is 25.6 Å². The van der Waals surface area contributed by atoms with Crippen LogP contribution in [0.3, 0.4) is 0 Å². The van der Waals surface area contributed by atoms with Gasteiger partial charge >= 0.3 is 0 Å². The summed E-state index contributed by atoms with van der Waals surface area (Å²) in [5.74, 6) is 0. The summed E-state index contributed by atoms with van der Waals surface area (Å²) in [4.78, 5) is 2.59. The molecule has 54 heavy (non-hydrogen) atoms. The molecular formula is C50H39NSSi2. The van der Waals surface area contributed by atoms with Gasteiger partial charge in [0.05, 0.1) is 0 Å². The average Bonchev–Trinajstić information content (AvgIpc) is 3.78. The Hall–Kier alpha value is -5.53. The molecule has 8 aromatic carbocycles. The van der Waals surface area contributed by atoms with Crippen molar-refractivity contribution in [3.05, 3.63) is 164 Å². The lowest BCUT2D eigenvalue weighted by atomic mass is 9.98. The molecule has 2 aliphatic heterocycles. The molecule has 0 atom stereocenters. The quantitative estimate of drug-likeness (QED) is 0.162. The SMILES string of the molecule is C[Si]1(C)c2cc(N(c3cccc(-c4ccc5ccccc5c4)c3)c3cccc4c3[Si](C)(C)c3ccccc3-4)ccc2-c2c1ccc1sc3ccccc3c21. The molecule has 0 amide bonds. The number of hydrogen-bond acceptors (Lipinski definition) is 2. The maximum Gasteiger partial charge on any atom is 0.116 e. The summed E-state index contributed by atoms with van der Waals surface area (Å²) in [7, 11) is -4.09. The van der Waals surface area contributed by atoms with E-state index >= 15 is 0 Å². The summed E-state index contributed by atoms with van der Waals surface area (Å²) in [5.41, 5.74) is 11.9. The van der Waals surface area contributed by atoms with Crippen LogP contribution in [0.15, 0.2) is 164 Å². The predicted octanol–water partition coefficient (Wildman–Crippen LogP) is 12.0. The second kappa shape index (κ2) is 11.5. The van der Waals surface area contributed by atoms with Crippen LogP contribution in [-0.4, -0.2) is 16.1 Å². The van der Waals surface area contributed by atoms with Crippen LogP contribution in [0.1, 0.15) is 0 Å². The van der Waals surface area contributed by atoms with Crippen molar-refractivity contribution >= 4 is 96.2 Å². The van der Waals surface area contributed by atoms with Crippen LogP contribution in [0.2, 0.25) is 26.2 Å². The first-order chi connectivity index (χ1) is 26.3. The van der Waals surface area contributed by atoms with Gasteiger partial charge in [-0.3, -0.25) is 0 Å². The summed E-state index contributed by atoms with van der Waals surface area (Å²) < 4.78 is 2.75. The third kappa shape index (κ3) is 4.48. The van der Waals surface area contributed by atoms with E-state index in [4.69, 9.17) is 0 Å². The molecular weight excluding hydrogens is 703 g/mol. The Morgan fingerprint density at radius 2 is 1.19 bits per heavy atom. The first kappa shape index (κ1) is 32.0. The number of nitrogens with zero attached hydrogens (tertiary/aromatic N) is 1. The minimum Gasteiger partial charge on any atom is -0.311 e. The Kier molecular flexibility index (Phi) is 6.80. The largest absolute Gasteiger partial charge is 0.311 e. The molecule has 11 rings (SSSR count). The molecule has 3 heterocycles. The third-order valence-electron chi connectivity index (χ3n) is 12.4. The Labute approximate surface area is 322 Å². The smallest absolute Gasteiger partial charge is 0.116 e. The molecule has 0 radical (unpaired) electrons. The second-order valence-corrected chi connectivity index (χ2v) is 25.8. The molecule has 1 aromatic heterocycles. The molecule has 4 heteroatoms. The van der Waals surface area contributed by atoms with E-state index in [1.54, 1.807) is 5.19 Å². The Morgan fingerprint density at radius 1 is 0.444 bits per heavy atom. The van der Waals surface area contributed by atoms with Crippen LogP contribution in [-0.2, 0) is 0 Å². The fourth-order valence-corrected chi connectivity index (χ4v) is 17.4. The third-order valence-corrected chi connectivity index (χ3v) is 20.6. The lowest BCUT2D eigenvalue weighted by molar-refractivity contribution is 1.30. The summed E-state index contributed by atoms with van der Waals surface area (Å²) in [6, 6.07) is 62.2. The second-order valence-electron chi connectivity index (χ2n) is 16.1. The standard InChI is InChI=1S/C50H39NSSi2/c1-53(2)46-28-27-44-48(40-18-7-9-21-43(40)52-44)49(46)41-26-25-37(31-47(41)53)51(42-20-12-19-39-38-17-8-10-22-45(38)54(3,4)50(39)42)36-16-11-15-34(30-36)35-24-23-32-13-5-6-14-33(32)29-35/h5-31H,1-4H3. The molecule has 0 aliphatic carbocycles. The molecule has 0 bridgehead atoms. The highest BCUT2D eigenvalue weighted by atomic mass is 32.1. The van der Waals surface area contributed by atoms with E-state index in [0.29, 0.717) is 0 Å². The molecule has 0 N–H and O–H groups in total. The summed E-state index contributed by atoms with van der Waals surface area (Å²) in [6.45, 7) is 10.2. The van der Waals surface area contributed by atoms with Gasteiger partial charge in [0.25, 0.3) is 0 Å². The van der Waals surface area contributed by atoms with Gasteiger partial charge in [0.15, 0.2) is 0 Å². The Morgan fingerprint density at radius 3 is 2.09 bits per heavy atom. The molecule has 0 fully saturated rings. The number of anilines is 3. The fraction of sp³-hybridized carbons (Fsp3) is 0.0800. The van der Waals surface area contributed by atoms with E-state index in [-0.39, 0.29) is 0 Å². The number of thiophene rings is 1. The van der Waals surface area contributed by atoms with Gasteiger partial charge in [-0.05, 0) is 113 Å². The number of hydrogen-bond donors (Lipinski definition) is 0. The van der Waals surface area contributed by atoms with Gasteiger partial charge < -0.3 is 4.90 Å². The van der Waals surface area contributed by atoms with Gasteiger partial charge in [-0.25, -0.2) is 0 Å². The van der Waals surface area contributed by atoms with Crippen LogP contribution in [0.4, 0.5) is 17.1 Å². The summed E-state index contributed by atoms with van der Waals surface area (Å²) in [5, 5.41) is 11.5. The predicted molar refractivity (Wildman–Crippen MR) is 241 cm³/mol. The topological polar surface area (TPSA) is 3.24 Å². The maximum absolute atomic E-state index is 2.59. The lowest BCUT2D eigenvalue weighted by Crippen LogP contribution is -2.51. The van der Waals surface area contributed by atoms with Crippen LogP contribution in [0.5, 0.6) is 0 Å². The molecule has 2 aliphatic rings. The van der Waals surface area contributed by atoms with Gasteiger partial charge in [-0.15, -0.1) is 11.3 Å². The zero-order valence-corrected chi connectivity index (χ0v) is 33.8. The molecule has 0 unspecified atom stereocenters. The van der Waals surface area contributed by atoms with Gasteiger partial charge in [-0.2, -0.15) is 0 Å². The highest BCUT2D eigenvalue weighted by molar-refractivity contribution is 7.26. The minimum atomic E-state index is -2.04. The van der Waals surface area contributed by atoms with Gasteiger partial charge in [0, 0.05) is 37.2 Å². The van der Waals surface area contributed by atoms with Gasteiger partial charge in [0.2, 0.25) is 0 Å². The van der Waals surface area contributed by atoms with Crippen molar-refractivity contribution in [3.8, 4) is 33.4 Å². The van der Waals surface area contributed by atoms with Crippen molar-refractivity contribution < 1.29 is 0 Å². The highest BCUT2D eigenvalue weighted by Gasteiger charge is 2.42. The molecule has 0 spiro atoms. The van der Waals surface area contributed by atoms with E-state index in [1.165, 1.54) is 96.9 Å². The van der Waals surface area contributed by atoms with Crippen molar-refractivity contribution in [2.75, 3.05) is 4.90 Å². The monoisotopic (exact) mass is 741 g/mol. The lowest BCUT2D eigenvalue weighted by Gasteiger charge is -2.32. The van der Waals surface area contributed by atoms with E-state index in [2.05, 4.69) is 195 Å². The Bertz CT molecular complexity index is 3020. The van der Waals surface area contributed by atoms with E-state index in [1.807, 2.05) is 11.3 Å². The number of rotatable bonds is 4. The molecule has 0 saturated carbocycles. The summed E-state index contributed by atoms with van der Waals surface area (Å²) in [6.07, 6.45) is 0. The van der Waals surface area contributed by atoms with E-state index in [0.717, 1.165) is 0 Å². The van der Waals surface area contributed by atoms with Crippen LogP contribution >= 0.6 is 11.3 Å². The van der Waals surface area contributed by atoms with Crippen molar-refractivity contribution in [3.63, 3.8) is 0 Å². The fourth-order valence-electron chi connectivity index (χ4n) is 9.79. The van der Waals surface area contributed by atoms with Crippen LogP contribution in [0.25, 0.3) is 64.3 Å². The Balaban J connectivity index is 1.15. The molecule has 258 valence electrons. The van der Waals surface area contributed by atoms with Gasteiger partial charge in [-0.1, -0.05) is 141 Å². The average molecular weight is 742 g/mol. The van der Waals surface area contributed by atoms with Crippen molar-refractivity contribution in [1.29, 1.82) is 0 Å². The van der Waals surface area contributed by atoms with Crippen LogP contribution in [0, 0.1) is 0 Å². The highest BCUT2D eigenvalue weighted by Crippen LogP contribution is 2.45. The zero-order valence-electron chi connectivity index (χ0n) is 30.9. The number of benzene rings is 8. The molecule has 1 nitrogen and oxygen atoms in total. The number of fused-ring (bicyclic) bond motifs is 11. The first-order valence-electron chi connectivity index (χ1n) is 19.0. The first-order valence-corrected chi connectivity index (χ1v) is 25.8. The maximum atomic E-state index is 2.59. The van der Waals surface area contributed by atoms with Crippen molar-refractivity contribution in [2.45, 2.75) is 26.2 Å². The minimum absolute atomic E-state index is 1.19.